The Hall–Kier alpha value is 0.527. The third kappa shape index (κ3) is 28.6. The molecule has 0 saturated carbocycles. The first-order chi connectivity index (χ1) is 15.7. The van der Waals surface area contributed by atoms with Crippen molar-refractivity contribution in [3.05, 3.63) is 0 Å². The van der Waals surface area contributed by atoms with Crippen molar-refractivity contribution < 1.29 is 13.3 Å². The summed E-state index contributed by atoms with van der Waals surface area (Å²) < 4.78 is 14.2. The average molecular weight is 493 g/mol. The Morgan fingerprint density at radius 1 is 0.406 bits per heavy atom. The Morgan fingerprint density at radius 2 is 0.656 bits per heavy atom. The minimum atomic E-state index is -1.67. The van der Waals surface area contributed by atoms with E-state index >= 15 is 0 Å². The van der Waals surface area contributed by atoms with Crippen molar-refractivity contribution in [1.29, 1.82) is 0 Å². The fourth-order valence-electron chi connectivity index (χ4n) is 3.97. The highest BCUT2D eigenvalue weighted by molar-refractivity contribution is 7.57. The maximum absolute atomic E-state index is 4.74. The molecule has 0 fully saturated rings. The summed E-state index contributed by atoms with van der Waals surface area (Å²) in [7, 11) is 3.41. The van der Waals surface area contributed by atoms with Crippen LogP contribution in [0, 0.1) is 0 Å². The highest BCUT2D eigenvalue weighted by Gasteiger charge is 2.08. The third-order valence-electron chi connectivity index (χ3n) is 6.06. The van der Waals surface area contributed by atoms with E-state index in [9.17, 15) is 0 Å². The molecular weight excluding hydrogens is 431 g/mol. The van der Waals surface area contributed by atoms with E-state index in [1.807, 2.05) is 0 Å². The molecule has 0 aromatic rings. The van der Waals surface area contributed by atoms with E-state index in [2.05, 4.69) is 20.8 Å². The second kappa shape index (κ2) is 31.5. The molecule has 0 amide bonds. The van der Waals surface area contributed by atoms with Crippen molar-refractivity contribution in [3.8, 4) is 0 Å². The number of rotatable bonds is 24. The van der Waals surface area contributed by atoms with Gasteiger partial charge in [-0.2, -0.15) is 0 Å². The quantitative estimate of drug-likeness (QED) is 0.0763. The number of hydrogen-bond acceptors (Lipinski definition) is 3. The van der Waals surface area contributed by atoms with Gasteiger partial charge in [0.25, 0.3) is 0 Å². The SMILES string of the molecule is CCCCCCCCP(CCCCCCCC)CCCCCCCC.CO[SiH](OC)OC. The summed E-state index contributed by atoms with van der Waals surface area (Å²) in [5.74, 6) is 0. The van der Waals surface area contributed by atoms with Gasteiger partial charge in [-0.25, -0.2) is 0 Å². The van der Waals surface area contributed by atoms with Gasteiger partial charge in [0.2, 0.25) is 0 Å². The molecule has 0 rings (SSSR count). The van der Waals surface area contributed by atoms with Crippen LogP contribution in [0.1, 0.15) is 136 Å². The van der Waals surface area contributed by atoms with Crippen LogP contribution < -0.4 is 0 Å². The van der Waals surface area contributed by atoms with Gasteiger partial charge in [-0.1, -0.05) is 117 Å². The van der Waals surface area contributed by atoms with Gasteiger partial charge >= 0.3 is 9.53 Å². The Kier molecular flexibility index (Phi) is 34.2. The van der Waals surface area contributed by atoms with Crippen molar-refractivity contribution in [2.24, 2.45) is 0 Å². The zero-order chi connectivity index (χ0) is 24.1. The monoisotopic (exact) mass is 492 g/mol. The number of hydrogen-bond donors (Lipinski definition) is 0. The normalized spacial score (nSPS) is 11.2. The van der Waals surface area contributed by atoms with E-state index in [1.54, 1.807) is 39.8 Å². The smallest absolute Gasteiger partial charge is 0.379 e. The molecule has 0 aromatic heterocycles. The van der Waals surface area contributed by atoms with Crippen LogP contribution in [-0.2, 0) is 13.3 Å². The molecule has 0 bridgehead atoms. The van der Waals surface area contributed by atoms with E-state index in [4.69, 9.17) is 13.3 Å². The molecule has 0 aliphatic rings. The predicted octanol–water partition coefficient (Wildman–Crippen LogP) is 9.19. The standard InChI is InChI=1S/C24H51P.C3H10O3Si/c1-4-7-10-13-16-19-22-25(23-20-17-14-11-8-5-2)24-21-18-15-12-9-6-3;1-4-7(5-2)6-3/h4-24H2,1-3H3;7H,1-3H3. The predicted molar refractivity (Wildman–Crippen MR) is 150 cm³/mol. The lowest BCUT2D eigenvalue weighted by atomic mass is 10.1. The van der Waals surface area contributed by atoms with Crippen LogP contribution >= 0.6 is 7.92 Å². The second-order valence-corrected chi connectivity index (χ2v) is 13.8. The first-order valence-corrected chi connectivity index (χ1v) is 17.3. The summed E-state index contributed by atoms with van der Waals surface area (Å²) in [5, 5.41) is 0. The summed E-state index contributed by atoms with van der Waals surface area (Å²) in [5.41, 5.74) is 0. The van der Waals surface area contributed by atoms with E-state index in [1.165, 1.54) is 116 Å². The lowest BCUT2D eigenvalue weighted by Gasteiger charge is -2.18. The molecule has 0 aliphatic carbocycles. The first kappa shape index (κ1) is 34.7. The molecule has 0 aromatic carbocycles. The van der Waals surface area contributed by atoms with Gasteiger partial charge < -0.3 is 13.3 Å². The Bertz CT molecular complexity index is 274. The molecule has 3 nitrogen and oxygen atoms in total. The van der Waals surface area contributed by atoms with Gasteiger partial charge in [0.1, 0.15) is 0 Å². The zero-order valence-electron chi connectivity index (χ0n) is 23.1. The lowest BCUT2D eigenvalue weighted by molar-refractivity contribution is 0.163. The fourth-order valence-corrected chi connectivity index (χ4v) is 7.23. The van der Waals surface area contributed by atoms with Crippen molar-refractivity contribution in [3.63, 3.8) is 0 Å². The van der Waals surface area contributed by atoms with E-state index in [-0.39, 0.29) is 0 Å². The topological polar surface area (TPSA) is 27.7 Å². The van der Waals surface area contributed by atoms with Gasteiger partial charge in [-0.3, -0.25) is 0 Å². The second-order valence-electron chi connectivity index (χ2n) is 9.14. The fraction of sp³-hybridized carbons (Fsp3) is 1.00. The highest BCUT2D eigenvalue weighted by atomic mass is 31.1. The van der Waals surface area contributed by atoms with Crippen LogP contribution in [0.5, 0.6) is 0 Å². The largest absolute Gasteiger partial charge is 0.483 e. The third-order valence-corrected chi connectivity index (χ3v) is 10.1. The van der Waals surface area contributed by atoms with Gasteiger partial charge in [-0.05, 0) is 37.7 Å². The molecule has 0 aliphatic heterocycles. The van der Waals surface area contributed by atoms with E-state index in [0.29, 0.717) is 7.92 Å². The molecule has 5 heteroatoms. The molecule has 0 saturated heterocycles. The van der Waals surface area contributed by atoms with Crippen LogP contribution in [0.2, 0.25) is 0 Å². The van der Waals surface area contributed by atoms with Gasteiger partial charge in [0.15, 0.2) is 0 Å². The summed E-state index contributed by atoms with van der Waals surface area (Å²) in [4.78, 5) is 0. The lowest BCUT2D eigenvalue weighted by Crippen LogP contribution is -2.21. The zero-order valence-corrected chi connectivity index (χ0v) is 25.1. The van der Waals surface area contributed by atoms with Gasteiger partial charge in [0.05, 0.1) is 0 Å². The molecule has 0 unspecified atom stereocenters. The van der Waals surface area contributed by atoms with Crippen LogP contribution in [0.4, 0.5) is 0 Å². The van der Waals surface area contributed by atoms with Crippen molar-refractivity contribution in [2.45, 2.75) is 136 Å². The van der Waals surface area contributed by atoms with Crippen LogP contribution in [0.3, 0.4) is 0 Å². The molecular formula is C27H61O3PSi. The van der Waals surface area contributed by atoms with Crippen molar-refractivity contribution in [1.82, 2.24) is 0 Å². The molecule has 0 radical (unpaired) electrons. The highest BCUT2D eigenvalue weighted by Crippen LogP contribution is 2.39. The Balaban J connectivity index is 0. The first-order valence-electron chi connectivity index (χ1n) is 14.0. The molecule has 0 heterocycles. The van der Waals surface area contributed by atoms with Crippen LogP contribution in [0.15, 0.2) is 0 Å². The maximum Gasteiger partial charge on any atom is 0.483 e. The minimum absolute atomic E-state index is 0.366. The van der Waals surface area contributed by atoms with Crippen molar-refractivity contribution >= 4 is 17.4 Å². The minimum Gasteiger partial charge on any atom is -0.379 e. The summed E-state index contributed by atoms with van der Waals surface area (Å²) >= 11 is 0. The van der Waals surface area contributed by atoms with Crippen LogP contribution in [-0.4, -0.2) is 49.3 Å². The molecule has 0 N–H and O–H groups in total. The Labute approximate surface area is 206 Å². The van der Waals surface area contributed by atoms with Crippen molar-refractivity contribution in [2.75, 3.05) is 39.8 Å². The number of unbranched alkanes of at least 4 members (excludes halogenated alkanes) is 15. The van der Waals surface area contributed by atoms with E-state index < -0.39 is 9.53 Å². The summed E-state index contributed by atoms with van der Waals surface area (Å²) in [6, 6.07) is 0. The van der Waals surface area contributed by atoms with Crippen LogP contribution in [0.25, 0.3) is 0 Å². The molecule has 0 spiro atoms. The average Bonchev–Trinajstić information content (AvgIpc) is 2.81. The van der Waals surface area contributed by atoms with E-state index in [0.717, 1.165) is 0 Å². The maximum atomic E-state index is 4.74. The summed E-state index contributed by atoms with van der Waals surface area (Å²) in [6.45, 7) is 6.96. The molecule has 32 heavy (non-hydrogen) atoms. The summed E-state index contributed by atoms with van der Waals surface area (Å²) in [6.07, 6.45) is 31.2. The molecule has 0 atom stereocenters. The Morgan fingerprint density at radius 3 is 0.875 bits per heavy atom. The molecule has 196 valence electrons. The van der Waals surface area contributed by atoms with Gasteiger partial charge in [-0.15, -0.1) is 7.92 Å². The van der Waals surface area contributed by atoms with Gasteiger partial charge in [0, 0.05) is 21.3 Å².